The van der Waals surface area contributed by atoms with Gasteiger partial charge in [0.05, 0.1) is 16.7 Å². The van der Waals surface area contributed by atoms with Gasteiger partial charge in [0, 0.05) is 16.6 Å². The molecule has 2 bridgehead atoms. The minimum absolute atomic E-state index is 0.0530. The fraction of sp³-hybridized carbons (Fsp3) is 0.467. The van der Waals surface area contributed by atoms with Crippen LogP contribution in [-0.2, 0) is 14.3 Å². The number of benzene rings is 1. The van der Waals surface area contributed by atoms with Crippen molar-refractivity contribution < 1.29 is 14.3 Å². The minimum atomic E-state index is -0.315. The van der Waals surface area contributed by atoms with Crippen LogP contribution in [0.3, 0.4) is 0 Å². The maximum Gasteiger partial charge on any atom is 0.310 e. The van der Waals surface area contributed by atoms with E-state index in [4.69, 9.17) is 16.3 Å². The lowest BCUT2D eigenvalue weighted by Crippen LogP contribution is -2.40. The van der Waals surface area contributed by atoms with Gasteiger partial charge in [-0.1, -0.05) is 33.6 Å². The lowest BCUT2D eigenvalue weighted by atomic mass is 9.79. The summed E-state index contributed by atoms with van der Waals surface area (Å²) in [6.45, 7) is 0. The average Bonchev–Trinajstić information content (AvgIpc) is 3.02. The molecule has 0 spiro atoms. The highest BCUT2D eigenvalue weighted by molar-refractivity contribution is 9.09. The van der Waals surface area contributed by atoms with E-state index in [0.29, 0.717) is 10.7 Å². The maximum atomic E-state index is 12.6. The zero-order valence-electron chi connectivity index (χ0n) is 11.0. The second-order valence-electron chi connectivity index (χ2n) is 5.96. The molecule has 110 valence electrons. The van der Waals surface area contributed by atoms with Gasteiger partial charge in [0.25, 0.3) is 0 Å². The molecular formula is C15H13BrClNO3. The van der Waals surface area contributed by atoms with Crippen molar-refractivity contribution in [2.75, 3.05) is 5.32 Å². The molecule has 6 unspecified atom stereocenters. The van der Waals surface area contributed by atoms with Gasteiger partial charge >= 0.3 is 5.97 Å². The molecule has 1 aliphatic heterocycles. The second kappa shape index (κ2) is 4.71. The van der Waals surface area contributed by atoms with Crippen LogP contribution in [0.1, 0.15) is 6.42 Å². The van der Waals surface area contributed by atoms with Crippen LogP contribution in [0.5, 0.6) is 0 Å². The monoisotopic (exact) mass is 369 g/mol. The van der Waals surface area contributed by atoms with Gasteiger partial charge in [0.15, 0.2) is 0 Å². The molecule has 0 radical (unpaired) electrons. The van der Waals surface area contributed by atoms with E-state index in [1.807, 2.05) is 0 Å². The Balaban J connectivity index is 1.59. The molecular weight excluding hydrogens is 358 g/mol. The molecule has 6 atom stereocenters. The molecule has 3 fully saturated rings. The van der Waals surface area contributed by atoms with E-state index >= 15 is 0 Å². The van der Waals surface area contributed by atoms with Crippen LogP contribution in [0, 0.1) is 23.7 Å². The quantitative estimate of drug-likeness (QED) is 0.643. The zero-order valence-corrected chi connectivity index (χ0v) is 13.3. The number of carbonyl (C=O) groups is 2. The van der Waals surface area contributed by atoms with Crippen LogP contribution in [-0.4, -0.2) is 22.8 Å². The Morgan fingerprint density at radius 2 is 2.19 bits per heavy atom. The van der Waals surface area contributed by atoms with E-state index < -0.39 is 0 Å². The Bertz CT molecular complexity index is 637. The highest BCUT2D eigenvalue weighted by Gasteiger charge is 2.67. The Labute approximate surface area is 135 Å². The van der Waals surface area contributed by atoms with Crippen LogP contribution in [0.15, 0.2) is 24.3 Å². The number of hydrogen-bond acceptors (Lipinski definition) is 3. The third-order valence-electron chi connectivity index (χ3n) is 4.92. The SMILES string of the molecule is O=C(Nc1cccc(Cl)c1)C1C2CC3C(OC(=O)C31)C2Br. The first-order valence-electron chi connectivity index (χ1n) is 6.97. The lowest BCUT2D eigenvalue weighted by molar-refractivity contribution is -0.145. The van der Waals surface area contributed by atoms with Crippen molar-refractivity contribution in [1.82, 2.24) is 0 Å². The number of fused-ring (bicyclic) bond motifs is 1. The van der Waals surface area contributed by atoms with Crippen molar-refractivity contribution in [3.8, 4) is 0 Å². The van der Waals surface area contributed by atoms with Gasteiger partial charge in [-0.15, -0.1) is 0 Å². The number of halogens is 2. The maximum absolute atomic E-state index is 12.6. The fourth-order valence-electron chi connectivity index (χ4n) is 4.12. The molecule has 21 heavy (non-hydrogen) atoms. The molecule has 2 aliphatic carbocycles. The van der Waals surface area contributed by atoms with E-state index in [1.54, 1.807) is 24.3 Å². The Hall–Kier alpha value is -1.07. The van der Waals surface area contributed by atoms with Gasteiger partial charge in [-0.2, -0.15) is 0 Å². The molecule has 1 aromatic rings. The van der Waals surface area contributed by atoms with Crippen LogP contribution in [0.25, 0.3) is 0 Å². The molecule has 1 N–H and O–H groups in total. The molecule has 4 rings (SSSR count). The molecule has 4 nitrogen and oxygen atoms in total. The summed E-state index contributed by atoms with van der Waals surface area (Å²) in [6.07, 6.45) is 0.827. The smallest absolute Gasteiger partial charge is 0.310 e. The summed E-state index contributed by atoms with van der Waals surface area (Å²) in [7, 11) is 0. The van der Waals surface area contributed by atoms with Crippen LogP contribution >= 0.6 is 27.5 Å². The van der Waals surface area contributed by atoms with Crippen molar-refractivity contribution in [2.24, 2.45) is 23.7 Å². The van der Waals surface area contributed by atoms with Crippen molar-refractivity contribution in [3.05, 3.63) is 29.3 Å². The molecule has 6 heteroatoms. The first kappa shape index (κ1) is 13.6. The predicted molar refractivity (Wildman–Crippen MR) is 81.3 cm³/mol. The third kappa shape index (κ3) is 1.94. The summed E-state index contributed by atoms with van der Waals surface area (Å²) >= 11 is 9.53. The van der Waals surface area contributed by atoms with E-state index in [0.717, 1.165) is 6.42 Å². The van der Waals surface area contributed by atoms with E-state index in [2.05, 4.69) is 21.2 Å². The number of ether oxygens (including phenoxy) is 1. The van der Waals surface area contributed by atoms with Gasteiger partial charge in [0.2, 0.25) is 5.91 Å². The number of amides is 1. The van der Waals surface area contributed by atoms with Gasteiger partial charge in [-0.3, -0.25) is 9.59 Å². The molecule has 0 aromatic heterocycles. The first-order chi connectivity index (χ1) is 10.1. The Morgan fingerprint density at radius 3 is 2.95 bits per heavy atom. The Morgan fingerprint density at radius 1 is 1.38 bits per heavy atom. The second-order valence-corrected chi connectivity index (χ2v) is 7.45. The van der Waals surface area contributed by atoms with Crippen molar-refractivity contribution >= 4 is 45.1 Å². The van der Waals surface area contributed by atoms with E-state index in [1.165, 1.54) is 0 Å². The first-order valence-corrected chi connectivity index (χ1v) is 8.26. The third-order valence-corrected chi connectivity index (χ3v) is 6.35. The molecule has 1 amide bonds. The highest BCUT2D eigenvalue weighted by Crippen LogP contribution is 2.60. The van der Waals surface area contributed by atoms with Crippen molar-refractivity contribution in [3.63, 3.8) is 0 Å². The predicted octanol–water partition coefficient (Wildman–Crippen LogP) is 2.85. The number of carbonyl (C=O) groups excluding carboxylic acids is 2. The molecule has 3 aliphatic rings. The zero-order chi connectivity index (χ0) is 14.7. The molecule has 1 heterocycles. The summed E-state index contributed by atoms with van der Waals surface area (Å²) in [5.74, 6) is -0.590. The van der Waals surface area contributed by atoms with Gasteiger partial charge in [0.1, 0.15) is 6.10 Å². The van der Waals surface area contributed by atoms with Crippen molar-refractivity contribution in [2.45, 2.75) is 17.4 Å². The summed E-state index contributed by atoms with van der Waals surface area (Å²) in [6, 6.07) is 7.03. The topological polar surface area (TPSA) is 55.4 Å². The molecule has 1 aromatic carbocycles. The van der Waals surface area contributed by atoms with Crippen LogP contribution in [0.4, 0.5) is 5.69 Å². The van der Waals surface area contributed by atoms with Gasteiger partial charge < -0.3 is 10.1 Å². The largest absolute Gasteiger partial charge is 0.461 e. The summed E-state index contributed by atoms with van der Waals surface area (Å²) < 4.78 is 5.41. The number of alkyl halides is 1. The van der Waals surface area contributed by atoms with Gasteiger partial charge in [-0.25, -0.2) is 0 Å². The normalized spacial score (nSPS) is 39.4. The van der Waals surface area contributed by atoms with E-state index in [-0.39, 0.29) is 46.5 Å². The molecule has 2 saturated carbocycles. The number of anilines is 1. The number of hydrogen-bond donors (Lipinski definition) is 1. The fourth-order valence-corrected chi connectivity index (χ4v) is 5.36. The van der Waals surface area contributed by atoms with Crippen molar-refractivity contribution in [1.29, 1.82) is 0 Å². The van der Waals surface area contributed by atoms with Crippen LogP contribution < -0.4 is 5.32 Å². The average molecular weight is 371 g/mol. The lowest BCUT2D eigenvalue weighted by Gasteiger charge is -2.27. The number of rotatable bonds is 2. The summed E-state index contributed by atoms with van der Waals surface area (Å²) in [4.78, 5) is 24.7. The van der Waals surface area contributed by atoms with Crippen LogP contribution in [0.2, 0.25) is 5.02 Å². The summed E-state index contributed by atoms with van der Waals surface area (Å²) in [5.41, 5.74) is 0.657. The minimum Gasteiger partial charge on any atom is -0.461 e. The highest BCUT2D eigenvalue weighted by atomic mass is 79.9. The van der Waals surface area contributed by atoms with Gasteiger partial charge in [-0.05, 0) is 30.5 Å². The number of esters is 1. The molecule has 1 saturated heterocycles. The number of nitrogens with one attached hydrogen (secondary N) is 1. The Kier molecular flexibility index (Phi) is 3.05. The summed E-state index contributed by atoms with van der Waals surface area (Å²) in [5, 5.41) is 3.45. The van der Waals surface area contributed by atoms with E-state index in [9.17, 15) is 9.59 Å². The standard InChI is InChI=1S/C15H13BrClNO3/c16-12-8-5-9-11(15(20)21-13(9)12)10(8)14(19)18-7-3-1-2-6(17)4-7/h1-4,8-13H,5H2,(H,18,19).